The van der Waals surface area contributed by atoms with Crippen LogP contribution in [0.15, 0.2) is 0 Å². The monoisotopic (exact) mass is 288 g/mol. The van der Waals surface area contributed by atoms with Gasteiger partial charge in [-0.05, 0) is 78.4 Å². The lowest BCUT2D eigenvalue weighted by Crippen LogP contribution is -2.40. The summed E-state index contributed by atoms with van der Waals surface area (Å²) >= 11 is -0.823. The minimum atomic E-state index is -0.823. The predicted molar refractivity (Wildman–Crippen MR) is 79.5 cm³/mol. The lowest BCUT2D eigenvalue weighted by atomic mass is 9.89. The quantitative estimate of drug-likeness (QED) is 0.578. The summed E-state index contributed by atoms with van der Waals surface area (Å²) in [5.41, 5.74) is -0.415. The second-order valence-electron chi connectivity index (χ2n) is 7.42. The summed E-state index contributed by atoms with van der Waals surface area (Å²) in [6, 6.07) is 0. The second kappa shape index (κ2) is 6.04. The molecular formula is C15H28O3S. The van der Waals surface area contributed by atoms with Crippen LogP contribution in [0.2, 0.25) is 0 Å². The summed E-state index contributed by atoms with van der Waals surface area (Å²) in [7, 11) is 0. The van der Waals surface area contributed by atoms with Crippen LogP contribution in [-0.2, 0) is 20.7 Å². The van der Waals surface area contributed by atoms with Gasteiger partial charge in [0.15, 0.2) is 0 Å². The Hall–Kier alpha value is -0.220. The topological polar surface area (TPSA) is 49.4 Å². The third-order valence-corrected chi connectivity index (χ3v) is 5.60. The molecule has 0 aromatic rings. The van der Waals surface area contributed by atoms with Crippen LogP contribution in [0.4, 0.5) is 0 Å². The second-order valence-corrected chi connectivity index (χ2v) is 9.90. The highest BCUT2D eigenvalue weighted by Gasteiger charge is 2.39. The van der Waals surface area contributed by atoms with Gasteiger partial charge in [-0.3, -0.25) is 4.79 Å². The SMILES string of the molecule is CC(C)(C)OC(=O)[C@H]1CC[C@H]([S+]([O-])C(C)(C)C)CC1. The lowest BCUT2D eigenvalue weighted by Gasteiger charge is -2.35. The highest BCUT2D eigenvalue weighted by Crippen LogP contribution is 2.34. The van der Waals surface area contributed by atoms with Crippen LogP contribution in [0.3, 0.4) is 0 Å². The Bertz CT molecular complexity index is 306. The zero-order chi connectivity index (χ0) is 14.8. The maximum atomic E-state index is 12.3. The molecule has 1 fully saturated rings. The summed E-state index contributed by atoms with van der Waals surface area (Å²) < 4.78 is 17.6. The predicted octanol–water partition coefficient (Wildman–Crippen LogP) is 3.43. The van der Waals surface area contributed by atoms with Crippen molar-refractivity contribution in [1.82, 2.24) is 0 Å². The van der Waals surface area contributed by atoms with E-state index in [0.717, 1.165) is 25.7 Å². The Morgan fingerprint density at radius 3 is 1.89 bits per heavy atom. The fraction of sp³-hybridized carbons (Fsp3) is 0.933. The van der Waals surface area contributed by atoms with Crippen molar-refractivity contribution in [2.45, 2.75) is 82.8 Å². The van der Waals surface area contributed by atoms with Crippen molar-refractivity contribution in [1.29, 1.82) is 0 Å². The van der Waals surface area contributed by atoms with Crippen LogP contribution >= 0.6 is 0 Å². The molecule has 0 spiro atoms. The summed E-state index contributed by atoms with van der Waals surface area (Å²) in [6.45, 7) is 11.7. The molecule has 0 N–H and O–H groups in total. The first-order valence-electron chi connectivity index (χ1n) is 7.14. The summed E-state index contributed by atoms with van der Waals surface area (Å²) in [4.78, 5) is 12.0. The average Bonchev–Trinajstić information content (AvgIpc) is 2.24. The van der Waals surface area contributed by atoms with E-state index in [0.29, 0.717) is 0 Å². The van der Waals surface area contributed by atoms with E-state index in [2.05, 4.69) is 0 Å². The van der Waals surface area contributed by atoms with Crippen LogP contribution < -0.4 is 0 Å². The molecule has 4 heteroatoms. The zero-order valence-electron chi connectivity index (χ0n) is 13.1. The smallest absolute Gasteiger partial charge is 0.309 e. The van der Waals surface area contributed by atoms with E-state index in [4.69, 9.17) is 4.74 Å². The van der Waals surface area contributed by atoms with E-state index < -0.39 is 16.8 Å². The van der Waals surface area contributed by atoms with Crippen LogP contribution in [-0.4, -0.2) is 26.1 Å². The molecule has 0 aliphatic heterocycles. The van der Waals surface area contributed by atoms with Gasteiger partial charge in [0.25, 0.3) is 0 Å². The molecule has 1 atom stereocenters. The number of hydrogen-bond donors (Lipinski definition) is 0. The van der Waals surface area contributed by atoms with Gasteiger partial charge in [0.05, 0.1) is 5.92 Å². The van der Waals surface area contributed by atoms with Gasteiger partial charge in [-0.25, -0.2) is 0 Å². The normalized spacial score (nSPS) is 26.9. The van der Waals surface area contributed by atoms with Gasteiger partial charge < -0.3 is 9.29 Å². The van der Waals surface area contributed by atoms with Gasteiger partial charge in [-0.15, -0.1) is 0 Å². The van der Waals surface area contributed by atoms with E-state index in [-0.39, 0.29) is 21.9 Å². The van der Waals surface area contributed by atoms with Crippen LogP contribution in [0, 0.1) is 5.92 Å². The Balaban J connectivity index is 2.47. The van der Waals surface area contributed by atoms with Crippen LogP contribution in [0.1, 0.15) is 67.2 Å². The fourth-order valence-corrected chi connectivity index (χ4v) is 4.10. The average molecular weight is 288 g/mol. The van der Waals surface area contributed by atoms with Crippen molar-refractivity contribution in [3.05, 3.63) is 0 Å². The fourth-order valence-electron chi connectivity index (χ4n) is 2.40. The van der Waals surface area contributed by atoms with Gasteiger partial charge in [0.2, 0.25) is 0 Å². The molecular weight excluding hydrogens is 260 g/mol. The van der Waals surface area contributed by atoms with Crippen molar-refractivity contribution < 1.29 is 14.1 Å². The minimum Gasteiger partial charge on any atom is -0.616 e. The molecule has 0 aromatic heterocycles. The lowest BCUT2D eigenvalue weighted by molar-refractivity contribution is -0.161. The van der Waals surface area contributed by atoms with Crippen LogP contribution in [0.5, 0.6) is 0 Å². The van der Waals surface area contributed by atoms with Gasteiger partial charge in [-0.2, -0.15) is 0 Å². The summed E-state index contributed by atoms with van der Waals surface area (Å²) in [6.07, 6.45) is 3.35. The number of ether oxygens (including phenoxy) is 1. The zero-order valence-corrected chi connectivity index (χ0v) is 13.9. The first-order chi connectivity index (χ1) is 8.50. The van der Waals surface area contributed by atoms with Crippen molar-refractivity contribution >= 4 is 17.1 Å². The van der Waals surface area contributed by atoms with Crippen molar-refractivity contribution in [3.63, 3.8) is 0 Å². The van der Waals surface area contributed by atoms with E-state index in [1.54, 1.807) is 0 Å². The molecule has 1 rings (SSSR count). The van der Waals surface area contributed by atoms with Crippen molar-refractivity contribution in [2.24, 2.45) is 5.92 Å². The molecule has 1 aliphatic rings. The van der Waals surface area contributed by atoms with E-state index >= 15 is 0 Å². The first-order valence-corrected chi connectivity index (χ1v) is 8.35. The molecule has 0 saturated heterocycles. The van der Waals surface area contributed by atoms with E-state index in [1.165, 1.54) is 0 Å². The number of carbonyl (C=O) groups is 1. The molecule has 1 unspecified atom stereocenters. The molecule has 3 nitrogen and oxygen atoms in total. The first kappa shape index (κ1) is 16.8. The highest BCUT2D eigenvalue weighted by molar-refractivity contribution is 7.93. The summed E-state index contributed by atoms with van der Waals surface area (Å²) in [5, 5.41) is 0.235. The number of rotatable bonds is 2. The Morgan fingerprint density at radius 2 is 1.53 bits per heavy atom. The van der Waals surface area contributed by atoms with Crippen LogP contribution in [0.25, 0.3) is 0 Å². The van der Waals surface area contributed by atoms with Crippen molar-refractivity contribution in [3.8, 4) is 0 Å². The van der Waals surface area contributed by atoms with Gasteiger partial charge in [0, 0.05) is 0 Å². The largest absolute Gasteiger partial charge is 0.616 e. The standard InChI is InChI=1S/C15H28O3S/c1-14(2,3)18-13(16)11-7-9-12(10-8-11)19(17)15(4,5)6/h11-12H,7-10H2,1-6H3/t11-,12-,19?. The molecule has 1 aliphatic carbocycles. The molecule has 19 heavy (non-hydrogen) atoms. The van der Waals surface area contributed by atoms with E-state index in [9.17, 15) is 9.35 Å². The molecule has 0 radical (unpaired) electrons. The maximum absolute atomic E-state index is 12.3. The molecule has 0 heterocycles. The number of esters is 1. The van der Waals surface area contributed by atoms with Crippen molar-refractivity contribution in [2.75, 3.05) is 0 Å². The highest BCUT2D eigenvalue weighted by atomic mass is 32.2. The number of carbonyl (C=O) groups excluding carboxylic acids is 1. The van der Waals surface area contributed by atoms with Gasteiger partial charge in [-0.1, -0.05) is 0 Å². The Morgan fingerprint density at radius 1 is 1.05 bits per heavy atom. The Kier molecular flexibility index (Phi) is 5.35. The Labute approximate surface area is 120 Å². The minimum absolute atomic E-state index is 0.00700. The third-order valence-electron chi connectivity index (χ3n) is 3.32. The van der Waals surface area contributed by atoms with Gasteiger partial charge in [0.1, 0.15) is 15.6 Å². The van der Waals surface area contributed by atoms with Gasteiger partial charge >= 0.3 is 5.97 Å². The molecule has 0 aromatic carbocycles. The summed E-state index contributed by atoms with van der Waals surface area (Å²) in [5.74, 6) is -0.0973. The molecule has 0 amide bonds. The molecule has 112 valence electrons. The maximum Gasteiger partial charge on any atom is 0.309 e. The third kappa shape index (κ3) is 5.35. The molecule has 1 saturated carbocycles. The molecule has 0 bridgehead atoms. The number of hydrogen-bond acceptors (Lipinski definition) is 3. The van der Waals surface area contributed by atoms with E-state index in [1.807, 2.05) is 41.5 Å².